The zero-order valence-electron chi connectivity index (χ0n) is 20.0. The van der Waals surface area contributed by atoms with Crippen LogP contribution in [0.1, 0.15) is 77.4 Å². The Balaban J connectivity index is 1.54. The highest BCUT2D eigenvalue weighted by Crippen LogP contribution is 2.25. The fourth-order valence-electron chi connectivity index (χ4n) is 4.23. The Labute approximate surface area is 192 Å². The molecule has 0 bridgehead atoms. The van der Waals surface area contributed by atoms with Crippen molar-refractivity contribution < 1.29 is 9.59 Å². The largest absolute Gasteiger partial charge is 0.352 e. The summed E-state index contributed by atoms with van der Waals surface area (Å²) < 4.78 is 0. The third kappa shape index (κ3) is 5.98. The predicted octanol–water partition coefficient (Wildman–Crippen LogP) is 4.78. The number of carbonyl (C=O) groups excluding carboxylic acids is 2. The lowest BCUT2D eigenvalue weighted by molar-refractivity contribution is 0.0766. The average Bonchev–Trinajstić information content (AvgIpc) is 3.11. The minimum Gasteiger partial charge on any atom is -0.352 e. The monoisotopic (exact) mass is 435 g/mol. The topological polar surface area (TPSA) is 52.7 Å². The summed E-state index contributed by atoms with van der Waals surface area (Å²) >= 11 is 0. The minimum absolute atomic E-state index is 0.000939. The summed E-state index contributed by atoms with van der Waals surface area (Å²) in [6, 6.07) is 14.3. The molecule has 1 heterocycles. The van der Waals surface area contributed by atoms with E-state index in [1.165, 1.54) is 5.56 Å². The van der Waals surface area contributed by atoms with Gasteiger partial charge in [-0.15, -0.1) is 0 Å². The number of nitrogens with one attached hydrogen (secondary N) is 1. The van der Waals surface area contributed by atoms with Crippen LogP contribution >= 0.6 is 0 Å². The maximum Gasteiger partial charge on any atom is 0.254 e. The molecule has 1 aliphatic heterocycles. The van der Waals surface area contributed by atoms with Crippen LogP contribution in [0.4, 0.5) is 0 Å². The van der Waals surface area contributed by atoms with Gasteiger partial charge in [-0.1, -0.05) is 49.7 Å². The second kappa shape index (κ2) is 11.3. The summed E-state index contributed by atoms with van der Waals surface area (Å²) in [4.78, 5) is 29.9. The van der Waals surface area contributed by atoms with Crippen LogP contribution in [0.3, 0.4) is 0 Å². The van der Waals surface area contributed by atoms with Crippen molar-refractivity contribution in [1.82, 2.24) is 15.1 Å². The van der Waals surface area contributed by atoms with E-state index in [0.29, 0.717) is 36.8 Å². The molecule has 2 amide bonds. The van der Waals surface area contributed by atoms with E-state index in [0.717, 1.165) is 43.5 Å². The standard InChI is InChI=1S/C27H37N3O2/c1-5-15-29(21(4)6-2)16-7-14-28-26(31)23-12-13-24-19-30(27(32)25(24)17-23)18-22-10-8-20(3)9-11-22/h8-13,17,21H,5-7,14-16,18-19H2,1-4H3,(H,28,31). The van der Waals surface area contributed by atoms with Crippen LogP contribution in [0.15, 0.2) is 42.5 Å². The van der Waals surface area contributed by atoms with E-state index in [4.69, 9.17) is 0 Å². The van der Waals surface area contributed by atoms with Gasteiger partial charge in [-0.25, -0.2) is 0 Å². The Bertz CT molecular complexity index is 923. The van der Waals surface area contributed by atoms with Crippen LogP contribution in [0, 0.1) is 6.92 Å². The second-order valence-corrected chi connectivity index (χ2v) is 8.92. The van der Waals surface area contributed by atoms with Gasteiger partial charge in [-0.3, -0.25) is 9.59 Å². The highest BCUT2D eigenvalue weighted by molar-refractivity contribution is 6.02. The van der Waals surface area contributed by atoms with E-state index in [-0.39, 0.29) is 11.8 Å². The van der Waals surface area contributed by atoms with Gasteiger partial charge in [-0.2, -0.15) is 0 Å². The minimum atomic E-state index is -0.108. The molecule has 0 spiro atoms. The van der Waals surface area contributed by atoms with E-state index < -0.39 is 0 Å². The number of carbonyl (C=O) groups is 2. The molecule has 0 fully saturated rings. The maximum absolute atomic E-state index is 12.9. The quantitative estimate of drug-likeness (QED) is 0.517. The molecule has 32 heavy (non-hydrogen) atoms. The molecular formula is C27H37N3O2. The van der Waals surface area contributed by atoms with Crippen molar-refractivity contribution in [2.75, 3.05) is 19.6 Å². The first-order valence-electron chi connectivity index (χ1n) is 11.9. The molecule has 2 aromatic carbocycles. The molecule has 5 heteroatoms. The first-order chi connectivity index (χ1) is 15.4. The van der Waals surface area contributed by atoms with Crippen molar-refractivity contribution in [3.05, 3.63) is 70.3 Å². The third-order valence-electron chi connectivity index (χ3n) is 6.38. The Morgan fingerprint density at radius 1 is 1.12 bits per heavy atom. The fraction of sp³-hybridized carbons (Fsp3) is 0.481. The molecule has 1 aliphatic rings. The molecule has 0 radical (unpaired) electrons. The highest BCUT2D eigenvalue weighted by atomic mass is 16.2. The van der Waals surface area contributed by atoms with Crippen molar-refractivity contribution in [2.24, 2.45) is 0 Å². The van der Waals surface area contributed by atoms with Crippen molar-refractivity contribution in [2.45, 2.75) is 66.1 Å². The molecule has 0 aliphatic carbocycles. The number of amides is 2. The van der Waals surface area contributed by atoms with Crippen molar-refractivity contribution in [3.8, 4) is 0 Å². The Morgan fingerprint density at radius 3 is 2.56 bits per heavy atom. The number of rotatable bonds is 11. The van der Waals surface area contributed by atoms with Gasteiger partial charge < -0.3 is 15.1 Å². The molecule has 1 unspecified atom stereocenters. The number of benzene rings is 2. The Hall–Kier alpha value is -2.66. The fourth-order valence-corrected chi connectivity index (χ4v) is 4.23. The van der Waals surface area contributed by atoms with E-state index >= 15 is 0 Å². The summed E-state index contributed by atoms with van der Waals surface area (Å²) in [5.74, 6) is -0.109. The van der Waals surface area contributed by atoms with E-state index in [1.54, 1.807) is 6.07 Å². The van der Waals surface area contributed by atoms with Gasteiger partial charge in [0, 0.05) is 43.3 Å². The van der Waals surface area contributed by atoms with Crippen LogP contribution in [-0.4, -0.2) is 47.3 Å². The molecule has 1 atom stereocenters. The van der Waals surface area contributed by atoms with Crippen LogP contribution in [0.5, 0.6) is 0 Å². The second-order valence-electron chi connectivity index (χ2n) is 8.92. The van der Waals surface area contributed by atoms with Crippen LogP contribution in [-0.2, 0) is 13.1 Å². The lowest BCUT2D eigenvalue weighted by Crippen LogP contribution is -2.36. The van der Waals surface area contributed by atoms with Crippen LogP contribution < -0.4 is 5.32 Å². The SMILES string of the molecule is CCCN(CCCNC(=O)c1ccc2c(c1)C(=O)N(Cc1ccc(C)cc1)C2)C(C)CC. The number of nitrogens with zero attached hydrogens (tertiary/aromatic N) is 2. The molecule has 0 saturated heterocycles. The van der Waals surface area contributed by atoms with Gasteiger partial charge in [0.2, 0.25) is 0 Å². The molecule has 0 aromatic heterocycles. The van der Waals surface area contributed by atoms with Gasteiger partial charge in [-0.05, 0) is 62.9 Å². The Kier molecular flexibility index (Phi) is 8.46. The zero-order valence-corrected chi connectivity index (χ0v) is 20.0. The van der Waals surface area contributed by atoms with E-state index in [1.807, 2.05) is 17.0 Å². The molecule has 2 aromatic rings. The zero-order chi connectivity index (χ0) is 23.1. The number of hydrogen-bond acceptors (Lipinski definition) is 3. The summed E-state index contributed by atoms with van der Waals surface area (Å²) in [5, 5.41) is 3.03. The van der Waals surface area contributed by atoms with Crippen molar-refractivity contribution >= 4 is 11.8 Å². The van der Waals surface area contributed by atoms with Gasteiger partial charge in [0.05, 0.1) is 0 Å². The van der Waals surface area contributed by atoms with Crippen LogP contribution in [0.2, 0.25) is 0 Å². The third-order valence-corrected chi connectivity index (χ3v) is 6.38. The lowest BCUT2D eigenvalue weighted by atomic mass is 10.1. The summed E-state index contributed by atoms with van der Waals surface area (Å²) in [6.07, 6.45) is 3.20. The first kappa shape index (κ1) is 24.0. The number of hydrogen-bond donors (Lipinski definition) is 1. The van der Waals surface area contributed by atoms with Gasteiger partial charge in [0.25, 0.3) is 11.8 Å². The molecular weight excluding hydrogens is 398 g/mol. The summed E-state index contributed by atoms with van der Waals surface area (Å²) in [5.41, 5.74) is 4.52. The highest BCUT2D eigenvalue weighted by Gasteiger charge is 2.28. The van der Waals surface area contributed by atoms with E-state index in [2.05, 4.69) is 62.2 Å². The number of aryl methyl sites for hydroxylation is 1. The first-order valence-corrected chi connectivity index (χ1v) is 11.9. The number of fused-ring (bicyclic) bond motifs is 1. The normalized spacial score (nSPS) is 14.0. The van der Waals surface area contributed by atoms with E-state index in [9.17, 15) is 9.59 Å². The van der Waals surface area contributed by atoms with Gasteiger partial charge in [0.15, 0.2) is 0 Å². The molecule has 0 saturated carbocycles. The molecule has 1 N–H and O–H groups in total. The average molecular weight is 436 g/mol. The molecule has 3 rings (SSSR count). The lowest BCUT2D eigenvalue weighted by Gasteiger charge is -2.27. The molecule has 5 nitrogen and oxygen atoms in total. The predicted molar refractivity (Wildman–Crippen MR) is 130 cm³/mol. The molecule has 172 valence electrons. The maximum atomic E-state index is 12.9. The Morgan fingerprint density at radius 2 is 1.88 bits per heavy atom. The van der Waals surface area contributed by atoms with Gasteiger partial charge in [0.1, 0.15) is 0 Å². The van der Waals surface area contributed by atoms with Crippen molar-refractivity contribution in [1.29, 1.82) is 0 Å². The van der Waals surface area contributed by atoms with Gasteiger partial charge >= 0.3 is 0 Å². The van der Waals surface area contributed by atoms with Crippen molar-refractivity contribution in [3.63, 3.8) is 0 Å². The van der Waals surface area contributed by atoms with Crippen LogP contribution in [0.25, 0.3) is 0 Å². The smallest absolute Gasteiger partial charge is 0.254 e. The summed E-state index contributed by atoms with van der Waals surface area (Å²) in [7, 11) is 0. The summed E-state index contributed by atoms with van der Waals surface area (Å²) in [6.45, 7) is 12.6.